The molecule has 1 rings (SSSR count). The van der Waals surface area contributed by atoms with Crippen LogP contribution in [0.25, 0.3) is 0 Å². The van der Waals surface area contributed by atoms with E-state index in [1.807, 2.05) is 0 Å². The normalized spacial score (nSPS) is 18.5. The second-order valence-electron chi connectivity index (χ2n) is 5.55. The van der Waals surface area contributed by atoms with E-state index < -0.39 is 5.97 Å². The smallest absolute Gasteiger partial charge is 0.331 e. The number of carbonyl (C=O) groups is 2. The molecule has 1 heterocycles. The summed E-state index contributed by atoms with van der Waals surface area (Å²) < 4.78 is 0. The van der Waals surface area contributed by atoms with Crippen LogP contribution < -0.4 is 0 Å². The SMILES string of the molecule is C/C(C(=O)O)=C(\C)C(=O)N1CCC(CN(C)C)CC1. The Labute approximate surface area is 114 Å². The zero-order valence-electron chi connectivity index (χ0n) is 12.3. The molecule has 1 fully saturated rings. The Morgan fingerprint density at radius 3 is 2.11 bits per heavy atom. The topological polar surface area (TPSA) is 60.9 Å². The van der Waals surface area contributed by atoms with Crippen LogP contribution >= 0.6 is 0 Å². The highest BCUT2D eigenvalue weighted by Gasteiger charge is 2.25. The molecule has 108 valence electrons. The lowest BCUT2D eigenvalue weighted by Gasteiger charge is -2.33. The predicted molar refractivity (Wildman–Crippen MR) is 73.9 cm³/mol. The molecule has 0 radical (unpaired) electrons. The minimum atomic E-state index is -1.02. The van der Waals surface area contributed by atoms with Gasteiger partial charge in [-0.15, -0.1) is 0 Å². The number of hydrogen-bond acceptors (Lipinski definition) is 3. The van der Waals surface area contributed by atoms with E-state index in [9.17, 15) is 9.59 Å². The fourth-order valence-electron chi connectivity index (χ4n) is 2.39. The highest BCUT2D eigenvalue weighted by molar-refractivity contribution is 6.01. The van der Waals surface area contributed by atoms with Gasteiger partial charge in [0.2, 0.25) is 5.91 Å². The molecule has 0 aromatic heterocycles. The fraction of sp³-hybridized carbons (Fsp3) is 0.714. The Balaban J connectivity index is 2.58. The first kappa shape index (κ1) is 15.7. The Kier molecular flexibility index (Phi) is 5.54. The monoisotopic (exact) mass is 268 g/mol. The van der Waals surface area contributed by atoms with Crippen molar-refractivity contribution in [3.8, 4) is 0 Å². The number of aliphatic carboxylic acids is 1. The van der Waals surface area contributed by atoms with Crippen molar-refractivity contribution in [3.63, 3.8) is 0 Å². The van der Waals surface area contributed by atoms with Gasteiger partial charge in [-0.25, -0.2) is 4.79 Å². The molecule has 0 aromatic rings. The highest BCUT2D eigenvalue weighted by atomic mass is 16.4. The van der Waals surface area contributed by atoms with Crippen molar-refractivity contribution in [2.75, 3.05) is 33.7 Å². The summed E-state index contributed by atoms with van der Waals surface area (Å²) in [6.45, 7) is 5.57. The maximum absolute atomic E-state index is 12.2. The van der Waals surface area contributed by atoms with Crippen LogP contribution in [0.3, 0.4) is 0 Å². The maximum Gasteiger partial charge on any atom is 0.331 e. The van der Waals surface area contributed by atoms with E-state index in [2.05, 4.69) is 19.0 Å². The Morgan fingerprint density at radius 2 is 1.68 bits per heavy atom. The quantitative estimate of drug-likeness (QED) is 0.779. The van der Waals surface area contributed by atoms with Crippen LogP contribution in [0, 0.1) is 5.92 Å². The van der Waals surface area contributed by atoms with Crippen LogP contribution in [0.4, 0.5) is 0 Å². The number of carboxylic acid groups (broad SMARTS) is 1. The number of carbonyl (C=O) groups excluding carboxylic acids is 1. The lowest BCUT2D eigenvalue weighted by molar-refractivity contribution is -0.134. The molecule has 5 nitrogen and oxygen atoms in total. The minimum absolute atomic E-state index is 0.136. The van der Waals surface area contributed by atoms with Crippen molar-refractivity contribution in [2.24, 2.45) is 5.92 Å². The highest BCUT2D eigenvalue weighted by Crippen LogP contribution is 2.20. The Hall–Kier alpha value is -1.36. The summed E-state index contributed by atoms with van der Waals surface area (Å²) in [6.07, 6.45) is 1.98. The van der Waals surface area contributed by atoms with Crippen molar-refractivity contribution < 1.29 is 14.7 Å². The van der Waals surface area contributed by atoms with E-state index in [1.165, 1.54) is 6.92 Å². The van der Waals surface area contributed by atoms with Crippen molar-refractivity contribution in [2.45, 2.75) is 26.7 Å². The third kappa shape index (κ3) is 4.35. The third-order valence-corrected chi connectivity index (χ3v) is 3.73. The molecule has 1 amide bonds. The molecule has 0 aliphatic carbocycles. The number of hydrogen-bond donors (Lipinski definition) is 1. The van der Waals surface area contributed by atoms with Crippen LogP contribution in [-0.4, -0.2) is 60.5 Å². The first-order chi connectivity index (χ1) is 8.82. The minimum Gasteiger partial charge on any atom is -0.478 e. The number of piperidine rings is 1. The van der Waals surface area contributed by atoms with Gasteiger partial charge in [-0.2, -0.15) is 0 Å². The fourth-order valence-corrected chi connectivity index (χ4v) is 2.39. The van der Waals surface area contributed by atoms with E-state index in [1.54, 1.807) is 11.8 Å². The van der Waals surface area contributed by atoms with E-state index >= 15 is 0 Å². The van der Waals surface area contributed by atoms with E-state index in [4.69, 9.17) is 5.11 Å². The number of rotatable bonds is 4. The summed E-state index contributed by atoms with van der Waals surface area (Å²) in [5.74, 6) is -0.527. The summed E-state index contributed by atoms with van der Waals surface area (Å²) in [5, 5.41) is 8.91. The summed E-state index contributed by atoms with van der Waals surface area (Å²) in [5.41, 5.74) is 0.485. The van der Waals surface area contributed by atoms with Gasteiger partial charge in [-0.1, -0.05) is 0 Å². The summed E-state index contributed by atoms with van der Waals surface area (Å²) in [4.78, 5) is 27.0. The molecule has 0 aromatic carbocycles. The molecule has 0 saturated carbocycles. The predicted octanol–water partition coefficient (Wildman–Crippen LogP) is 1.21. The molecule has 0 bridgehead atoms. The molecule has 0 unspecified atom stereocenters. The molecule has 0 spiro atoms. The van der Waals surface area contributed by atoms with Crippen molar-refractivity contribution >= 4 is 11.9 Å². The van der Waals surface area contributed by atoms with Gasteiger partial charge < -0.3 is 14.9 Å². The largest absolute Gasteiger partial charge is 0.478 e. The second kappa shape index (κ2) is 6.70. The summed E-state index contributed by atoms with van der Waals surface area (Å²) in [7, 11) is 4.11. The van der Waals surface area contributed by atoms with Crippen molar-refractivity contribution in [3.05, 3.63) is 11.1 Å². The van der Waals surface area contributed by atoms with Gasteiger partial charge in [0.1, 0.15) is 0 Å². The van der Waals surface area contributed by atoms with Gasteiger partial charge >= 0.3 is 5.97 Å². The molecule has 1 aliphatic rings. The molecule has 1 saturated heterocycles. The van der Waals surface area contributed by atoms with E-state index in [0.29, 0.717) is 11.5 Å². The lowest BCUT2D eigenvalue weighted by Crippen LogP contribution is -2.41. The molecule has 1 N–H and O–H groups in total. The maximum atomic E-state index is 12.2. The van der Waals surface area contributed by atoms with Crippen LogP contribution in [0.15, 0.2) is 11.1 Å². The Morgan fingerprint density at radius 1 is 1.16 bits per heavy atom. The van der Waals surface area contributed by atoms with Crippen molar-refractivity contribution in [1.29, 1.82) is 0 Å². The van der Waals surface area contributed by atoms with Gasteiger partial charge in [0.15, 0.2) is 0 Å². The lowest BCUT2D eigenvalue weighted by atomic mass is 9.95. The molecule has 5 heteroatoms. The standard InChI is InChI=1S/C14H24N2O3/c1-10(11(2)14(18)19)13(17)16-7-5-12(6-8-16)9-15(3)4/h12H,5-9H2,1-4H3,(H,18,19)/b11-10-. The average molecular weight is 268 g/mol. The van der Waals surface area contributed by atoms with Gasteiger partial charge in [0, 0.05) is 30.8 Å². The molecule has 19 heavy (non-hydrogen) atoms. The van der Waals surface area contributed by atoms with E-state index in [0.717, 1.165) is 32.5 Å². The zero-order chi connectivity index (χ0) is 14.6. The second-order valence-corrected chi connectivity index (χ2v) is 5.55. The van der Waals surface area contributed by atoms with Crippen LogP contribution in [0.1, 0.15) is 26.7 Å². The number of amides is 1. The van der Waals surface area contributed by atoms with Gasteiger partial charge in [-0.3, -0.25) is 4.79 Å². The Bertz CT molecular complexity index is 380. The van der Waals surface area contributed by atoms with Gasteiger partial charge in [0.25, 0.3) is 0 Å². The number of likely N-dealkylation sites (tertiary alicyclic amines) is 1. The molecule has 0 atom stereocenters. The van der Waals surface area contributed by atoms with Crippen molar-refractivity contribution in [1.82, 2.24) is 9.80 Å². The van der Waals surface area contributed by atoms with Gasteiger partial charge in [0.05, 0.1) is 0 Å². The zero-order valence-corrected chi connectivity index (χ0v) is 12.3. The van der Waals surface area contributed by atoms with Crippen LogP contribution in [0.5, 0.6) is 0 Å². The number of carboxylic acids is 1. The van der Waals surface area contributed by atoms with E-state index in [-0.39, 0.29) is 11.5 Å². The molecular formula is C14H24N2O3. The average Bonchev–Trinajstić information content (AvgIpc) is 2.36. The van der Waals surface area contributed by atoms with Gasteiger partial charge in [-0.05, 0) is 46.7 Å². The first-order valence-corrected chi connectivity index (χ1v) is 6.67. The summed E-state index contributed by atoms with van der Waals surface area (Å²) in [6, 6.07) is 0. The van der Waals surface area contributed by atoms with Crippen LogP contribution in [0.2, 0.25) is 0 Å². The van der Waals surface area contributed by atoms with Crippen LogP contribution in [-0.2, 0) is 9.59 Å². The summed E-state index contributed by atoms with van der Waals surface area (Å²) >= 11 is 0. The molecule has 1 aliphatic heterocycles. The number of nitrogens with zero attached hydrogens (tertiary/aromatic N) is 2. The third-order valence-electron chi connectivity index (χ3n) is 3.73. The first-order valence-electron chi connectivity index (χ1n) is 6.67. The molecular weight excluding hydrogens is 244 g/mol.